The van der Waals surface area contributed by atoms with Crippen LogP contribution in [0.1, 0.15) is 27.7 Å². The highest BCUT2D eigenvalue weighted by Gasteiger charge is 2.43. The highest BCUT2D eigenvalue weighted by atomic mass is 32.1. The third kappa shape index (κ3) is 3.94. The zero-order valence-corrected chi connectivity index (χ0v) is 16.1. The third-order valence-corrected chi connectivity index (χ3v) is 5.42. The van der Waals surface area contributed by atoms with Crippen molar-refractivity contribution in [1.29, 1.82) is 0 Å². The summed E-state index contributed by atoms with van der Waals surface area (Å²) in [6.07, 6.45) is 0.722. The van der Waals surface area contributed by atoms with Crippen LogP contribution in [0.5, 0.6) is 0 Å². The van der Waals surface area contributed by atoms with Gasteiger partial charge in [-0.3, -0.25) is 9.59 Å². The van der Waals surface area contributed by atoms with Crippen molar-refractivity contribution in [3.63, 3.8) is 0 Å². The molecule has 2 heterocycles. The van der Waals surface area contributed by atoms with Crippen molar-refractivity contribution < 1.29 is 24.0 Å². The number of quaternary nitrogens is 1. The van der Waals surface area contributed by atoms with Gasteiger partial charge in [0.15, 0.2) is 5.76 Å². The number of hydrogen-bond donors (Lipinski definition) is 2. The summed E-state index contributed by atoms with van der Waals surface area (Å²) in [5.41, 5.74) is 0.664. The monoisotopic (exact) mass is 389 g/mol. The first kappa shape index (κ1) is 19.3. The lowest BCUT2D eigenvalue weighted by Gasteiger charge is -2.27. The van der Waals surface area contributed by atoms with Crippen LogP contribution >= 0.6 is 11.3 Å². The molecule has 0 bridgehead atoms. The van der Waals surface area contributed by atoms with E-state index in [1.54, 1.807) is 29.6 Å². The average Bonchev–Trinajstić information content (AvgIpc) is 3.25. The van der Waals surface area contributed by atoms with E-state index < -0.39 is 23.5 Å². The largest absolute Gasteiger partial charge is 0.503 e. The van der Waals surface area contributed by atoms with Gasteiger partial charge in [0.25, 0.3) is 5.91 Å². The van der Waals surface area contributed by atoms with Gasteiger partial charge in [-0.2, -0.15) is 0 Å². The number of nitrogens with one attached hydrogen (secondary N) is 1. The Balaban J connectivity index is 1.99. The summed E-state index contributed by atoms with van der Waals surface area (Å²) in [5, 5.41) is 12.3. The summed E-state index contributed by atoms with van der Waals surface area (Å²) in [6.45, 7) is 1.24. The highest BCUT2D eigenvalue weighted by Crippen LogP contribution is 2.39. The minimum Gasteiger partial charge on any atom is -0.503 e. The van der Waals surface area contributed by atoms with E-state index in [0.29, 0.717) is 17.0 Å². The molecular formula is C20H22FN2O3S+. The second-order valence-corrected chi connectivity index (χ2v) is 7.78. The van der Waals surface area contributed by atoms with Gasteiger partial charge in [-0.25, -0.2) is 4.39 Å². The molecule has 0 saturated heterocycles. The van der Waals surface area contributed by atoms with Crippen molar-refractivity contribution >= 4 is 23.0 Å². The number of carbonyl (C=O) groups is 2. The third-order valence-electron chi connectivity index (χ3n) is 4.55. The number of rotatable bonds is 7. The predicted molar refractivity (Wildman–Crippen MR) is 101 cm³/mol. The number of amides is 1. The Bertz CT molecular complexity index is 860. The Kier molecular flexibility index (Phi) is 5.72. The number of hydrogen-bond acceptors (Lipinski definition) is 4. The number of ketones is 1. The normalized spacial score (nSPS) is 17.3. The van der Waals surface area contributed by atoms with Crippen LogP contribution < -0.4 is 4.90 Å². The van der Waals surface area contributed by atoms with Crippen molar-refractivity contribution in [1.82, 2.24) is 4.90 Å². The zero-order chi connectivity index (χ0) is 19.6. The number of aliphatic hydroxyl groups is 1. The summed E-state index contributed by atoms with van der Waals surface area (Å²) in [4.78, 5) is 28.9. The van der Waals surface area contributed by atoms with Gasteiger partial charge in [0, 0.05) is 13.0 Å². The van der Waals surface area contributed by atoms with Crippen molar-refractivity contribution in [2.75, 3.05) is 27.2 Å². The molecule has 0 unspecified atom stereocenters. The summed E-state index contributed by atoms with van der Waals surface area (Å²) in [7, 11) is 4.04. The van der Waals surface area contributed by atoms with Crippen LogP contribution in [0.25, 0.3) is 0 Å². The summed E-state index contributed by atoms with van der Waals surface area (Å²) < 4.78 is 13.4. The maximum atomic E-state index is 13.4. The zero-order valence-electron chi connectivity index (χ0n) is 15.2. The van der Waals surface area contributed by atoms with Gasteiger partial charge in [-0.1, -0.05) is 18.2 Å². The summed E-state index contributed by atoms with van der Waals surface area (Å²) in [5.74, 6) is -1.84. The second kappa shape index (κ2) is 8.02. The molecule has 27 heavy (non-hydrogen) atoms. The molecule has 2 aromatic rings. The first-order valence-electron chi connectivity index (χ1n) is 8.77. The van der Waals surface area contributed by atoms with Crippen molar-refractivity contribution in [2.45, 2.75) is 12.5 Å². The number of aliphatic hydroxyl groups excluding tert-OH is 1. The first-order valence-corrected chi connectivity index (χ1v) is 9.65. The summed E-state index contributed by atoms with van der Waals surface area (Å²) in [6, 6.07) is 8.39. The van der Waals surface area contributed by atoms with Crippen LogP contribution in [0.2, 0.25) is 0 Å². The molecule has 1 aliphatic rings. The van der Waals surface area contributed by atoms with Crippen LogP contribution in [0.3, 0.4) is 0 Å². The van der Waals surface area contributed by atoms with Gasteiger partial charge in [0.2, 0.25) is 5.78 Å². The Morgan fingerprint density at radius 1 is 1.26 bits per heavy atom. The smallest absolute Gasteiger partial charge is 0.290 e. The van der Waals surface area contributed by atoms with E-state index in [9.17, 15) is 19.1 Å². The minimum atomic E-state index is -0.718. The maximum Gasteiger partial charge on any atom is 0.290 e. The molecule has 0 radical (unpaired) electrons. The molecule has 0 fully saturated rings. The Labute approximate surface area is 161 Å². The van der Waals surface area contributed by atoms with Crippen LogP contribution in [0.4, 0.5) is 4.39 Å². The fraction of sp³-hybridized carbons (Fsp3) is 0.300. The lowest BCUT2D eigenvalue weighted by atomic mass is 9.95. The number of carbonyl (C=O) groups excluding carboxylic acids is 2. The topological polar surface area (TPSA) is 62.1 Å². The van der Waals surface area contributed by atoms with E-state index in [2.05, 4.69) is 0 Å². The molecule has 3 rings (SSSR count). The van der Waals surface area contributed by atoms with Crippen molar-refractivity contribution in [3.8, 4) is 0 Å². The lowest BCUT2D eigenvalue weighted by Crippen LogP contribution is -3.05. The van der Waals surface area contributed by atoms with E-state index in [1.807, 2.05) is 14.1 Å². The summed E-state index contributed by atoms with van der Waals surface area (Å²) >= 11 is 1.26. The quantitative estimate of drug-likeness (QED) is 0.712. The van der Waals surface area contributed by atoms with Crippen molar-refractivity contribution in [3.05, 3.63) is 69.4 Å². The molecular weight excluding hydrogens is 367 g/mol. The number of benzene rings is 1. The fourth-order valence-electron chi connectivity index (χ4n) is 3.25. The van der Waals surface area contributed by atoms with Crippen LogP contribution in [-0.4, -0.2) is 48.9 Å². The number of halogens is 1. The molecule has 1 aliphatic heterocycles. The molecule has 1 atom stereocenters. The van der Waals surface area contributed by atoms with Crippen molar-refractivity contribution in [2.24, 2.45) is 0 Å². The molecule has 1 aromatic carbocycles. The van der Waals surface area contributed by atoms with Crippen LogP contribution in [0, 0.1) is 5.82 Å². The van der Waals surface area contributed by atoms with E-state index in [-0.39, 0.29) is 11.4 Å². The minimum absolute atomic E-state index is 0.0614. The van der Waals surface area contributed by atoms with Gasteiger partial charge in [0.05, 0.1) is 37.1 Å². The van der Waals surface area contributed by atoms with Crippen LogP contribution in [-0.2, 0) is 4.79 Å². The molecule has 1 aromatic heterocycles. The number of nitrogens with zero attached hydrogens (tertiary/aromatic N) is 1. The SMILES string of the molecule is C[NH+](C)CCCN1C(=O)C(O)=C(C(=O)c2cccs2)[C@@H]1c1ccc(F)cc1. The van der Waals surface area contributed by atoms with Gasteiger partial charge >= 0.3 is 0 Å². The van der Waals surface area contributed by atoms with Crippen LogP contribution in [0.15, 0.2) is 53.1 Å². The fourth-order valence-corrected chi connectivity index (χ4v) is 3.93. The molecule has 5 nitrogen and oxygen atoms in total. The Hall–Kier alpha value is -2.51. The van der Waals surface area contributed by atoms with E-state index in [1.165, 1.54) is 33.3 Å². The molecule has 142 valence electrons. The van der Waals surface area contributed by atoms with Gasteiger partial charge in [-0.05, 0) is 29.1 Å². The first-order chi connectivity index (χ1) is 12.9. The Morgan fingerprint density at radius 3 is 2.56 bits per heavy atom. The van der Waals surface area contributed by atoms with E-state index in [4.69, 9.17) is 0 Å². The Morgan fingerprint density at radius 2 is 1.96 bits per heavy atom. The molecule has 0 spiro atoms. The maximum absolute atomic E-state index is 13.4. The standard InChI is InChI=1S/C20H21FN2O3S/c1-22(2)10-4-11-23-17(13-6-8-14(21)9-7-13)16(19(25)20(23)26)18(24)15-5-3-12-27-15/h3,5-9,12,17,25H,4,10-11H2,1-2H3/p+1/t17-/m0/s1. The average molecular weight is 389 g/mol. The molecule has 2 N–H and O–H groups in total. The molecule has 1 amide bonds. The molecule has 0 aliphatic carbocycles. The molecule has 7 heteroatoms. The molecule has 0 saturated carbocycles. The number of thiophene rings is 1. The van der Waals surface area contributed by atoms with Gasteiger partial charge in [-0.15, -0.1) is 11.3 Å². The van der Waals surface area contributed by atoms with Gasteiger partial charge in [0.1, 0.15) is 5.82 Å². The highest BCUT2D eigenvalue weighted by molar-refractivity contribution is 7.12. The van der Waals surface area contributed by atoms with E-state index in [0.717, 1.165) is 13.0 Å². The number of Topliss-reactive ketones (excluding diaryl/α,β-unsaturated/α-hetero) is 1. The second-order valence-electron chi connectivity index (χ2n) is 6.83. The predicted octanol–water partition coefficient (Wildman–Crippen LogP) is 2.00. The van der Waals surface area contributed by atoms with Gasteiger partial charge < -0.3 is 14.9 Å². The lowest BCUT2D eigenvalue weighted by molar-refractivity contribution is -0.858. The van der Waals surface area contributed by atoms with E-state index >= 15 is 0 Å².